The number of nitrogens with zero attached hydrogens (tertiary/aromatic N) is 2. The predicted octanol–water partition coefficient (Wildman–Crippen LogP) is 7.51. The Hall–Kier alpha value is -3.37. The van der Waals surface area contributed by atoms with Crippen LogP contribution in [-0.2, 0) is 32.6 Å². The Morgan fingerprint density at radius 3 is 2.07 bits per heavy atom. The van der Waals surface area contributed by atoms with Crippen LogP contribution in [0.1, 0.15) is 31.4 Å². The zero-order chi connectivity index (χ0) is 32.6. The van der Waals surface area contributed by atoms with E-state index in [0.29, 0.717) is 26.5 Å². The number of carbonyl (C=O) groups is 2. The number of amides is 2. The summed E-state index contributed by atoms with van der Waals surface area (Å²) in [6, 6.07) is 27.8. The average molecular weight is 732 g/mol. The molecule has 0 spiro atoms. The van der Waals surface area contributed by atoms with E-state index < -0.39 is 28.5 Å². The van der Waals surface area contributed by atoms with Crippen molar-refractivity contribution in [2.75, 3.05) is 10.8 Å². The Morgan fingerprint density at radius 1 is 0.867 bits per heavy atom. The van der Waals surface area contributed by atoms with E-state index in [1.54, 1.807) is 60.7 Å². The van der Waals surface area contributed by atoms with Gasteiger partial charge in [-0.2, -0.15) is 0 Å². The first kappa shape index (κ1) is 34.5. The minimum atomic E-state index is -4.20. The molecule has 236 valence electrons. The Kier molecular flexibility index (Phi) is 12.1. The van der Waals surface area contributed by atoms with Crippen molar-refractivity contribution in [2.24, 2.45) is 0 Å². The molecule has 1 N–H and O–H groups in total. The molecular formula is C34H34BrCl2N3O4S. The largest absolute Gasteiger partial charge is 0.352 e. The number of hydrogen-bond donors (Lipinski definition) is 1. The highest BCUT2D eigenvalue weighted by molar-refractivity contribution is 9.10. The molecule has 0 heterocycles. The number of hydrogen-bond acceptors (Lipinski definition) is 4. The van der Waals surface area contributed by atoms with Gasteiger partial charge in [-0.1, -0.05) is 107 Å². The summed E-state index contributed by atoms with van der Waals surface area (Å²) in [5.41, 5.74) is 1.55. The molecule has 2 atom stereocenters. The summed E-state index contributed by atoms with van der Waals surface area (Å²) in [4.78, 5) is 29.9. The zero-order valence-electron chi connectivity index (χ0n) is 24.9. The summed E-state index contributed by atoms with van der Waals surface area (Å²) >= 11 is 16.6. The number of carbonyl (C=O) groups excluding carboxylic acids is 2. The molecule has 0 aromatic heterocycles. The SMILES string of the molecule is CC[C@H](C)NC(=O)[C@H](Cc1ccccc1)N(Cc1c(Cl)cccc1Cl)C(=O)CN(c1cccc(Br)c1)S(=O)(=O)c1ccccc1. The van der Waals surface area contributed by atoms with Gasteiger partial charge in [0.1, 0.15) is 12.6 Å². The minimum absolute atomic E-state index is 0.0221. The second-order valence-corrected chi connectivity index (χ2v) is 14.1. The molecule has 4 aromatic rings. The van der Waals surface area contributed by atoms with Gasteiger partial charge in [0, 0.05) is 39.1 Å². The molecule has 2 amide bonds. The molecule has 0 unspecified atom stereocenters. The van der Waals surface area contributed by atoms with Crippen LogP contribution in [-0.4, -0.2) is 43.8 Å². The Morgan fingerprint density at radius 2 is 1.47 bits per heavy atom. The van der Waals surface area contributed by atoms with Crippen molar-refractivity contribution >= 4 is 66.7 Å². The maximum atomic E-state index is 14.6. The highest BCUT2D eigenvalue weighted by Gasteiger charge is 2.35. The van der Waals surface area contributed by atoms with Gasteiger partial charge in [0.25, 0.3) is 10.0 Å². The maximum absolute atomic E-state index is 14.6. The second kappa shape index (κ2) is 15.8. The normalized spacial score (nSPS) is 12.6. The summed E-state index contributed by atoms with van der Waals surface area (Å²) < 4.78 is 29.8. The first-order valence-corrected chi connectivity index (χ1v) is 17.4. The number of halogens is 3. The number of anilines is 1. The molecule has 0 bridgehead atoms. The monoisotopic (exact) mass is 729 g/mol. The molecule has 0 aliphatic rings. The topological polar surface area (TPSA) is 86.8 Å². The maximum Gasteiger partial charge on any atom is 0.264 e. The van der Waals surface area contributed by atoms with Gasteiger partial charge in [-0.15, -0.1) is 0 Å². The zero-order valence-corrected chi connectivity index (χ0v) is 28.8. The molecule has 11 heteroatoms. The van der Waals surface area contributed by atoms with Crippen LogP contribution in [0.2, 0.25) is 10.0 Å². The van der Waals surface area contributed by atoms with Crippen LogP contribution in [0.15, 0.2) is 112 Å². The summed E-state index contributed by atoms with van der Waals surface area (Å²) in [5, 5.41) is 3.65. The lowest BCUT2D eigenvalue weighted by Gasteiger charge is -2.34. The van der Waals surface area contributed by atoms with E-state index in [1.807, 2.05) is 44.2 Å². The van der Waals surface area contributed by atoms with E-state index >= 15 is 0 Å². The number of sulfonamides is 1. The summed E-state index contributed by atoms with van der Waals surface area (Å²) in [6.45, 7) is 3.13. The molecule has 0 aliphatic carbocycles. The summed E-state index contributed by atoms with van der Waals surface area (Å²) in [6.07, 6.45) is 0.860. The fourth-order valence-corrected chi connectivity index (χ4v) is 7.06. The number of rotatable bonds is 13. The van der Waals surface area contributed by atoms with Crippen LogP contribution < -0.4 is 9.62 Å². The number of nitrogens with one attached hydrogen (secondary N) is 1. The first-order valence-electron chi connectivity index (χ1n) is 14.4. The smallest absolute Gasteiger partial charge is 0.264 e. The van der Waals surface area contributed by atoms with E-state index in [9.17, 15) is 18.0 Å². The quantitative estimate of drug-likeness (QED) is 0.154. The Labute approximate surface area is 283 Å². The minimum Gasteiger partial charge on any atom is -0.352 e. The van der Waals surface area contributed by atoms with Crippen LogP contribution >= 0.6 is 39.1 Å². The van der Waals surface area contributed by atoms with Crippen LogP contribution in [0, 0.1) is 0 Å². The molecule has 0 saturated heterocycles. The molecule has 0 aliphatic heterocycles. The van der Waals surface area contributed by atoms with Crippen LogP contribution in [0.5, 0.6) is 0 Å². The molecule has 7 nitrogen and oxygen atoms in total. The molecule has 4 rings (SSSR count). The van der Waals surface area contributed by atoms with Crippen LogP contribution in [0.25, 0.3) is 0 Å². The standard InChI is InChI=1S/C34H34BrCl2N3O4S/c1-3-24(2)38-34(42)32(20-25-12-6-4-7-13-25)39(22-29-30(36)18-11-19-31(29)37)33(41)23-40(27-15-10-14-26(35)21-27)45(43,44)28-16-8-5-9-17-28/h4-19,21,24,32H,3,20,22-23H2,1-2H3,(H,38,42)/t24-,32-/m0/s1. The first-order chi connectivity index (χ1) is 21.5. The third kappa shape index (κ3) is 8.88. The van der Waals surface area contributed by atoms with Gasteiger partial charge in [0.15, 0.2) is 0 Å². The van der Waals surface area contributed by atoms with E-state index in [2.05, 4.69) is 21.2 Å². The van der Waals surface area contributed by atoms with Crippen molar-refractivity contribution in [3.05, 3.63) is 129 Å². The van der Waals surface area contributed by atoms with Gasteiger partial charge in [0.2, 0.25) is 11.8 Å². The predicted molar refractivity (Wildman–Crippen MR) is 184 cm³/mol. The molecule has 0 saturated carbocycles. The van der Waals surface area contributed by atoms with Crippen molar-refractivity contribution in [1.82, 2.24) is 10.2 Å². The second-order valence-electron chi connectivity index (χ2n) is 10.5. The lowest BCUT2D eigenvalue weighted by atomic mass is 10.0. The van der Waals surface area contributed by atoms with E-state index in [1.165, 1.54) is 17.0 Å². The lowest BCUT2D eigenvalue weighted by Crippen LogP contribution is -2.54. The van der Waals surface area contributed by atoms with Gasteiger partial charge in [-0.05, 0) is 61.4 Å². The van der Waals surface area contributed by atoms with Gasteiger partial charge < -0.3 is 10.2 Å². The van der Waals surface area contributed by atoms with Crippen molar-refractivity contribution in [2.45, 2.75) is 50.2 Å². The summed E-state index contributed by atoms with van der Waals surface area (Å²) in [5.74, 6) is -0.977. The summed E-state index contributed by atoms with van der Waals surface area (Å²) in [7, 11) is -4.20. The molecule has 0 fully saturated rings. The third-order valence-electron chi connectivity index (χ3n) is 7.37. The van der Waals surface area contributed by atoms with Crippen molar-refractivity contribution in [1.29, 1.82) is 0 Å². The van der Waals surface area contributed by atoms with Gasteiger partial charge >= 0.3 is 0 Å². The third-order valence-corrected chi connectivity index (χ3v) is 10.4. The molecule has 45 heavy (non-hydrogen) atoms. The van der Waals surface area contributed by atoms with E-state index in [0.717, 1.165) is 9.87 Å². The van der Waals surface area contributed by atoms with Gasteiger partial charge in [0.05, 0.1) is 10.6 Å². The highest BCUT2D eigenvalue weighted by Crippen LogP contribution is 2.30. The fraction of sp³-hybridized carbons (Fsp3) is 0.235. The Bertz CT molecular complexity index is 1710. The number of benzene rings is 4. The van der Waals surface area contributed by atoms with Crippen LogP contribution in [0.3, 0.4) is 0 Å². The van der Waals surface area contributed by atoms with Crippen molar-refractivity contribution in [3.63, 3.8) is 0 Å². The molecule has 0 radical (unpaired) electrons. The van der Waals surface area contributed by atoms with E-state index in [-0.39, 0.29) is 35.5 Å². The van der Waals surface area contributed by atoms with Gasteiger partial charge in [-0.3, -0.25) is 13.9 Å². The molecular weight excluding hydrogens is 697 g/mol. The van der Waals surface area contributed by atoms with Crippen molar-refractivity contribution in [3.8, 4) is 0 Å². The molecule has 4 aromatic carbocycles. The average Bonchev–Trinajstić information content (AvgIpc) is 3.03. The van der Waals surface area contributed by atoms with Crippen LogP contribution in [0.4, 0.5) is 5.69 Å². The van der Waals surface area contributed by atoms with E-state index in [4.69, 9.17) is 23.2 Å². The van der Waals surface area contributed by atoms with Gasteiger partial charge in [-0.25, -0.2) is 8.42 Å². The fourth-order valence-electron chi connectivity index (χ4n) is 4.73. The van der Waals surface area contributed by atoms with Crippen molar-refractivity contribution < 1.29 is 18.0 Å². The lowest BCUT2D eigenvalue weighted by molar-refractivity contribution is -0.140. The highest BCUT2D eigenvalue weighted by atomic mass is 79.9. The Balaban J connectivity index is 1.84.